The second kappa shape index (κ2) is 11.7. The highest BCUT2D eigenvalue weighted by Gasteiger charge is 1.95. The molecule has 0 heterocycles. The van der Waals surface area contributed by atoms with Crippen molar-refractivity contribution in [1.82, 2.24) is 0 Å². The van der Waals surface area contributed by atoms with Crippen LogP contribution >= 0.6 is 0 Å². The lowest BCUT2D eigenvalue weighted by molar-refractivity contribution is 0.506. The minimum absolute atomic E-state index is 0.633. The van der Waals surface area contributed by atoms with Crippen molar-refractivity contribution in [2.75, 3.05) is 0 Å². The summed E-state index contributed by atoms with van der Waals surface area (Å²) in [5, 5.41) is 0. The molecule has 0 saturated carbocycles. The molecule has 0 atom stereocenters. The van der Waals surface area contributed by atoms with Gasteiger partial charge < -0.3 is 0 Å². The molecule has 0 aliphatic carbocycles. The topological polar surface area (TPSA) is 17.1 Å². The Labute approximate surface area is 95.6 Å². The van der Waals surface area contributed by atoms with Gasteiger partial charge in [0.05, 0.1) is 0 Å². The first-order chi connectivity index (χ1) is 7.27. The molecular formula is C14H27O. The number of unbranched alkanes of at least 4 members (excludes halogenated alkanes) is 8. The maximum Gasteiger partial charge on any atom is 0.198 e. The van der Waals surface area contributed by atoms with E-state index in [1.807, 2.05) is 6.29 Å². The molecule has 0 spiro atoms. The first kappa shape index (κ1) is 14.7. The summed E-state index contributed by atoms with van der Waals surface area (Å²) in [7, 11) is 0. The first-order valence-corrected chi connectivity index (χ1v) is 6.62. The fourth-order valence-corrected chi connectivity index (χ4v) is 1.81. The zero-order valence-electron chi connectivity index (χ0n) is 10.6. The van der Waals surface area contributed by atoms with Gasteiger partial charge in [0.1, 0.15) is 0 Å². The zero-order valence-corrected chi connectivity index (χ0v) is 10.6. The molecule has 0 aromatic rings. The van der Waals surface area contributed by atoms with Crippen LogP contribution in [-0.4, -0.2) is 6.29 Å². The fraction of sp³-hybridized carbons (Fsp3) is 0.929. The van der Waals surface area contributed by atoms with Crippen LogP contribution in [0.5, 0.6) is 0 Å². The Bertz CT molecular complexity index is 129. The molecule has 1 nitrogen and oxygen atoms in total. The maximum absolute atomic E-state index is 9.94. The average Bonchev–Trinajstić information content (AvgIpc) is 2.20. The zero-order chi connectivity index (χ0) is 11.4. The largest absolute Gasteiger partial charge is 0.291 e. The van der Waals surface area contributed by atoms with Crippen LogP contribution < -0.4 is 0 Å². The predicted octanol–water partition coefficient (Wildman–Crippen LogP) is 4.65. The Morgan fingerprint density at radius 2 is 1.27 bits per heavy atom. The van der Waals surface area contributed by atoms with E-state index in [0.29, 0.717) is 6.42 Å². The van der Waals surface area contributed by atoms with Gasteiger partial charge in [0.15, 0.2) is 6.29 Å². The second-order valence-corrected chi connectivity index (χ2v) is 4.91. The Balaban J connectivity index is 2.89. The molecule has 0 fully saturated rings. The van der Waals surface area contributed by atoms with Crippen LogP contribution in [0.1, 0.15) is 78.1 Å². The van der Waals surface area contributed by atoms with E-state index in [-0.39, 0.29) is 0 Å². The van der Waals surface area contributed by atoms with E-state index in [0.717, 1.165) is 12.3 Å². The van der Waals surface area contributed by atoms with Gasteiger partial charge in [0, 0.05) is 6.42 Å². The molecule has 0 bridgehead atoms. The highest BCUT2D eigenvalue weighted by Crippen LogP contribution is 2.12. The lowest BCUT2D eigenvalue weighted by atomic mass is 10.0. The van der Waals surface area contributed by atoms with E-state index in [1.165, 1.54) is 51.4 Å². The third-order valence-electron chi connectivity index (χ3n) is 2.81. The first-order valence-electron chi connectivity index (χ1n) is 6.62. The van der Waals surface area contributed by atoms with Crippen molar-refractivity contribution >= 4 is 6.29 Å². The normalized spacial score (nSPS) is 10.9. The number of rotatable bonds is 11. The van der Waals surface area contributed by atoms with E-state index < -0.39 is 0 Å². The monoisotopic (exact) mass is 211 g/mol. The summed E-state index contributed by atoms with van der Waals surface area (Å²) >= 11 is 0. The summed E-state index contributed by atoms with van der Waals surface area (Å²) in [4.78, 5) is 9.94. The standard InChI is InChI=1S/C14H27O/c1-14(2)12-10-8-6-4-3-5-7-9-11-13-15/h14H,3-12H2,1-2H3. The molecule has 15 heavy (non-hydrogen) atoms. The predicted molar refractivity (Wildman–Crippen MR) is 66.7 cm³/mol. The smallest absolute Gasteiger partial charge is 0.198 e. The molecule has 0 aliphatic heterocycles. The molecular weight excluding hydrogens is 184 g/mol. The van der Waals surface area contributed by atoms with Gasteiger partial charge in [0.25, 0.3) is 0 Å². The second-order valence-electron chi connectivity index (χ2n) is 4.91. The summed E-state index contributed by atoms with van der Waals surface area (Å²) < 4.78 is 0. The molecule has 0 amide bonds. The van der Waals surface area contributed by atoms with Crippen molar-refractivity contribution in [3.05, 3.63) is 0 Å². The van der Waals surface area contributed by atoms with Crippen LogP contribution in [0.3, 0.4) is 0 Å². The molecule has 0 aromatic carbocycles. The summed E-state index contributed by atoms with van der Waals surface area (Å²) in [5.41, 5.74) is 0. The van der Waals surface area contributed by atoms with Gasteiger partial charge in [-0.3, -0.25) is 4.79 Å². The number of carbonyl (C=O) groups excluding carboxylic acids is 1. The quantitative estimate of drug-likeness (QED) is 0.454. The molecule has 0 aliphatic rings. The molecule has 0 unspecified atom stereocenters. The van der Waals surface area contributed by atoms with Crippen molar-refractivity contribution < 1.29 is 4.79 Å². The lowest BCUT2D eigenvalue weighted by Crippen LogP contribution is -1.87. The van der Waals surface area contributed by atoms with Crippen molar-refractivity contribution in [3.8, 4) is 0 Å². The Hall–Kier alpha value is -0.330. The van der Waals surface area contributed by atoms with Crippen molar-refractivity contribution in [2.45, 2.75) is 78.1 Å². The van der Waals surface area contributed by atoms with E-state index in [9.17, 15) is 4.79 Å². The molecule has 1 radical (unpaired) electrons. The van der Waals surface area contributed by atoms with Crippen LogP contribution in [0.15, 0.2) is 0 Å². The van der Waals surface area contributed by atoms with Crippen molar-refractivity contribution in [3.63, 3.8) is 0 Å². The van der Waals surface area contributed by atoms with E-state index in [1.54, 1.807) is 0 Å². The van der Waals surface area contributed by atoms with Crippen molar-refractivity contribution in [1.29, 1.82) is 0 Å². The van der Waals surface area contributed by atoms with E-state index in [4.69, 9.17) is 0 Å². The minimum Gasteiger partial charge on any atom is -0.291 e. The average molecular weight is 211 g/mol. The summed E-state index contributed by atoms with van der Waals surface area (Å²) in [6.45, 7) is 4.59. The summed E-state index contributed by atoms with van der Waals surface area (Å²) in [6, 6.07) is 0. The Morgan fingerprint density at radius 1 is 0.800 bits per heavy atom. The van der Waals surface area contributed by atoms with Crippen molar-refractivity contribution in [2.24, 2.45) is 5.92 Å². The fourth-order valence-electron chi connectivity index (χ4n) is 1.81. The maximum atomic E-state index is 9.94. The van der Waals surface area contributed by atoms with Gasteiger partial charge in [-0.15, -0.1) is 0 Å². The number of hydrogen-bond donors (Lipinski definition) is 0. The SMILES string of the molecule is CC(C)CCCCCCCCCC[C]=O. The molecule has 1 heteroatoms. The van der Waals surface area contributed by atoms with E-state index >= 15 is 0 Å². The van der Waals surface area contributed by atoms with Crippen LogP contribution in [0.4, 0.5) is 0 Å². The minimum atomic E-state index is 0.633. The molecule has 0 aromatic heterocycles. The Morgan fingerprint density at radius 3 is 1.73 bits per heavy atom. The van der Waals surface area contributed by atoms with Gasteiger partial charge in [-0.05, 0) is 12.3 Å². The molecule has 0 N–H and O–H groups in total. The van der Waals surface area contributed by atoms with Gasteiger partial charge in [0.2, 0.25) is 0 Å². The van der Waals surface area contributed by atoms with Crippen LogP contribution in [0.25, 0.3) is 0 Å². The van der Waals surface area contributed by atoms with Gasteiger partial charge in [-0.25, -0.2) is 0 Å². The number of hydrogen-bond acceptors (Lipinski definition) is 1. The highest BCUT2D eigenvalue weighted by atomic mass is 16.1. The summed E-state index contributed by atoms with van der Waals surface area (Å²) in [6.07, 6.45) is 14.4. The van der Waals surface area contributed by atoms with Gasteiger partial charge in [-0.1, -0.05) is 65.2 Å². The molecule has 0 saturated heterocycles. The highest BCUT2D eigenvalue weighted by molar-refractivity contribution is 5.50. The van der Waals surface area contributed by atoms with Crippen LogP contribution in [-0.2, 0) is 4.79 Å². The molecule has 0 rings (SSSR count). The van der Waals surface area contributed by atoms with Crippen LogP contribution in [0.2, 0.25) is 0 Å². The van der Waals surface area contributed by atoms with Gasteiger partial charge >= 0.3 is 0 Å². The molecule has 89 valence electrons. The van der Waals surface area contributed by atoms with Crippen LogP contribution in [0, 0.1) is 5.92 Å². The third-order valence-corrected chi connectivity index (χ3v) is 2.81. The summed E-state index contributed by atoms with van der Waals surface area (Å²) in [5.74, 6) is 0.865. The van der Waals surface area contributed by atoms with E-state index in [2.05, 4.69) is 13.8 Å². The Kier molecular flexibility index (Phi) is 11.5. The van der Waals surface area contributed by atoms with Gasteiger partial charge in [-0.2, -0.15) is 0 Å². The third kappa shape index (κ3) is 13.7. The lowest BCUT2D eigenvalue weighted by Gasteiger charge is -2.04.